The number of nitrogen functional groups attached to an aromatic ring is 1. The predicted molar refractivity (Wildman–Crippen MR) is 75.9 cm³/mol. The molecule has 0 saturated carbocycles. The third-order valence-corrected chi connectivity index (χ3v) is 2.90. The molecule has 1 heterocycles. The summed E-state index contributed by atoms with van der Waals surface area (Å²) in [5.74, 6) is 3.34. The van der Waals surface area contributed by atoms with E-state index in [1.807, 2.05) is 6.07 Å². The summed E-state index contributed by atoms with van der Waals surface area (Å²) >= 11 is 0. The molecule has 1 aromatic heterocycles. The Morgan fingerprint density at radius 1 is 1.43 bits per heavy atom. The van der Waals surface area contributed by atoms with Crippen LogP contribution in [0.25, 0.3) is 0 Å². The number of benzene rings is 1. The lowest BCUT2D eigenvalue weighted by Crippen LogP contribution is -2.18. The fourth-order valence-electron chi connectivity index (χ4n) is 1.83. The Hall–Kier alpha value is -2.98. The fourth-order valence-corrected chi connectivity index (χ4v) is 1.83. The van der Waals surface area contributed by atoms with Crippen LogP contribution < -0.4 is 16.6 Å². The van der Waals surface area contributed by atoms with Gasteiger partial charge in [0.2, 0.25) is 0 Å². The number of hydrogen-bond acceptors (Lipinski definition) is 5. The summed E-state index contributed by atoms with van der Waals surface area (Å²) in [6, 6.07) is 8.25. The SMILES string of the molecule is Cc1cccc(NC(=O)c2ccnc(NN)c2F)c1C#N. The smallest absolute Gasteiger partial charge is 0.258 e. The summed E-state index contributed by atoms with van der Waals surface area (Å²) in [6.45, 7) is 1.75. The van der Waals surface area contributed by atoms with E-state index in [-0.39, 0.29) is 11.4 Å². The fraction of sp³-hybridized carbons (Fsp3) is 0.0714. The number of hydrazine groups is 1. The lowest BCUT2D eigenvalue weighted by Gasteiger charge is -2.10. The number of pyridine rings is 1. The van der Waals surface area contributed by atoms with Crippen molar-refractivity contribution in [3.63, 3.8) is 0 Å². The summed E-state index contributed by atoms with van der Waals surface area (Å²) in [7, 11) is 0. The van der Waals surface area contributed by atoms with Crippen LogP contribution in [0.4, 0.5) is 15.9 Å². The van der Waals surface area contributed by atoms with E-state index in [0.29, 0.717) is 11.3 Å². The topological polar surface area (TPSA) is 104 Å². The normalized spacial score (nSPS) is 9.81. The zero-order valence-electron chi connectivity index (χ0n) is 11.1. The van der Waals surface area contributed by atoms with Crippen molar-refractivity contribution >= 4 is 17.4 Å². The van der Waals surface area contributed by atoms with Gasteiger partial charge in [-0.25, -0.2) is 15.2 Å². The summed E-state index contributed by atoms with van der Waals surface area (Å²) in [5.41, 5.74) is 3.22. The van der Waals surface area contributed by atoms with Crippen molar-refractivity contribution in [2.75, 3.05) is 10.7 Å². The number of rotatable bonds is 3. The van der Waals surface area contributed by atoms with Gasteiger partial charge in [0.25, 0.3) is 5.91 Å². The summed E-state index contributed by atoms with van der Waals surface area (Å²) in [6.07, 6.45) is 1.26. The average molecular weight is 285 g/mol. The number of carbonyl (C=O) groups excluding carboxylic acids is 1. The summed E-state index contributed by atoms with van der Waals surface area (Å²) < 4.78 is 14.0. The molecule has 4 N–H and O–H groups in total. The van der Waals surface area contributed by atoms with Crippen LogP contribution in [0.15, 0.2) is 30.5 Å². The Morgan fingerprint density at radius 2 is 2.19 bits per heavy atom. The molecule has 2 rings (SSSR count). The Balaban J connectivity index is 2.36. The Bertz CT molecular complexity index is 739. The minimum atomic E-state index is -0.858. The number of nitrogens with two attached hydrogens (primary N) is 1. The number of carbonyl (C=O) groups is 1. The number of halogens is 1. The van der Waals surface area contributed by atoms with Gasteiger partial charge < -0.3 is 10.7 Å². The zero-order valence-corrected chi connectivity index (χ0v) is 11.1. The second-order valence-electron chi connectivity index (χ2n) is 4.23. The Labute approximate surface area is 120 Å². The van der Waals surface area contributed by atoms with Crippen LogP contribution >= 0.6 is 0 Å². The molecule has 0 fully saturated rings. The van der Waals surface area contributed by atoms with Gasteiger partial charge in [0, 0.05) is 6.20 Å². The minimum Gasteiger partial charge on any atom is -0.321 e. The van der Waals surface area contributed by atoms with Crippen LogP contribution in [-0.4, -0.2) is 10.9 Å². The quantitative estimate of drug-likeness (QED) is 0.590. The predicted octanol–water partition coefficient (Wildman–Crippen LogP) is 1.94. The number of aryl methyl sites for hydroxylation is 1. The monoisotopic (exact) mass is 285 g/mol. The van der Waals surface area contributed by atoms with Gasteiger partial charge >= 0.3 is 0 Å². The second-order valence-corrected chi connectivity index (χ2v) is 4.23. The molecule has 1 aromatic carbocycles. The van der Waals surface area contributed by atoms with E-state index in [0.717, 1.165) is 5.56 Å². The maximum Gasteiger partial charge on any atom is 0.258 e. The van der Waals surface area contributed by atoms with Crippen molar-refractivity contribution in [1.82, 2.24) is 4.98 Å². The molecule has 0 bridgehead atoms. The van der Waals surface area contributed by atoms with Gasteiger partial charge in [-0.15, -0.1) is 0 Å². The minimum absolute atomic E-state index is 0.219. The number of amides is 1. The van der Waals surface area contributed by atoms with Gasteiger partial charge in [0.05, 0.1) is 16.8 Å². The summed E-state index contributed by atoms with van der Waals surface area (Å²) in [4.78, 5) is 15.8. The number of nitrogens with one attached hydrogen (secondary N) is 2. The molecule has 0 spiro atoms. The van der Waals surface area contributed by atoms with Crippen molar-refractivity contribution in [3.8, 4) is 6.07 Å². The van der Waals surface area contributed by atoms with Crippen LogP contribution in [0.5, 0.6) is 0 Å². The average Bonchev–Trinajstić information content (AvgIpc) is 2.47. The highest BCUT2D eigenvalue weighted by Crippen LogP contribution is 2.21. The molecule has 0 aliphatic heterocycles. The number of nitriles is 1. The van der Waals surface area contributed by atoms with Crippen LogP contribution in [0.1, 0.15) is 21.5 Å². The molecule has 1 amide bonds. The van der Waals surface area contributed by atoms with Crippen molar-refractivity contribution in [1.29, 1.82) is 5.26 Å². The molecule has 2 aromatic rings. The molecule has 21 heavy (non-hydrogen) atoms. The number of anilines is 2. The van der Waals surface area contributed by atoms with E-state index in [9.17, 15) is 9.18 Å². The number of nitrogens with zero attached hydrogens (tertiary/aromatic N) is 2. The van der Waals surface area contributed by atoms with Crippen LogP contribution in [0, 0.1) is 24.1 Å². The first-order valence-corrected chi connectivity index (χ1v) is 6.00. The van der Waals surface area contributed by atoms with Gasteiger partial charge in [-0.2, -0.15) is 5.26 Å². The molecular weight excluding hydrogens is 273 g/mol. The van der Waals surface area contributed by atoms with Gasteiger partial charge in [0.1, 0.15) is 6.07 Å². The van der Waals surface area contributed by atoms with E-state index in [2.05, 4.69) is 15.7 Å². The highest BCUT2D eigenvalue weighted by molar-refractivity contribution is 6.05. The zero-order chi connectivity index (χ0) is 15.4. The maximum atomic E-state index is 14.0. The highest BCUT2D eigenvalue weighted by Gasteiger charge is 2.17. The Morgan fingerprint density at radius 3 is 2.86 bits per heavy atom. The molecule has 7 heteroatoms. The molecule has 0 atom stereocenters. The molecule has 0 unspecified atom stereocenters. The van der Waals surface area contributed by atoms with Gasteiger partial charge in [0.15, 0.2) is 11.6 Å². The lowest BCUT2D eigenvalue weighted by molar-refractivity contribution is 0.102. The standard InChI is InChI=1S/C14H12FN5O/c1-8-3-2-4-11(10(8)7-16)19-14(21)9-5-6-18-13(20-17)12(9)15/h2-6H,17H2,1H3,(H,18,20)(H,19,21). The molecular formula is C14H12FN5O. The molecule has 0 saturated heterocycles. The van der Waals surface area contributed by atoms with E-state index in [1.165, 1.54) is 12.3 Å². The highest BCUT2D eigenvalue weighted by atomic mass is 19.1. The van der Waals surface area contributed by atoms with Crippen molar-refractivity contribution in [2.24, 2.45) is 5.84 Å². The van der Waals surface area contributed by atoms with Gasteiger partial charge in [-0.1, -0.05) is 12.1 Å². The first kappa shape index (κ1) is 14.4. The summed E-state index contributed by atoms with van der Waals surface area (Å²) in [5, 5.41) is 11.6. The molecule has 0 aliphatic carbocycles. The van der Waals surface area contributed by atoms with E-state index >= 15 is 0 Å². The second kappa shape index (κ2) is 5.98. The third kappa shape index (κ3) is 2.80. The molecule has 0 radical (unpaired) electrons. The van der Waals surface area contributed by atoms with E-state index < -0.39 is 11.7 Å². The van der Waals surface area contributed by atoms with Crippen molar-refractivity contribution in [2.45, 2.75) is 6.92 Å². The first-order valence-electron chi connectivity index (χ1n) is 6.00. The van der Waals surface area contributed by atoms with Gasteiger partial charge in [-0.05, 0) is 24.6 Å². The molecule has 106 valence electrons. The van der Waals surface area contributed by atoms with Crippen molar-refractivity contribution in [3.05, 3.63) is 53.0 Å². The van der Waals surface area contributed by atoms with E-state index in [1.54, 1.807) is 25.1 Å². The largest absolute Gasteiger partial charge is 0.321 e. The van der Waals surface area contributed by atoms with Crippen LogP contribution in [0.3, 0.4) is 0 Å². The third-order valence-electron chi connectivity index (χ3n) is 2.90. The van der Waals surface area contributed by atoms with Crippen molar-refractivity contribution < 1.29 is 9.18 Å². The van der Waals surface area contributed by atoms with Crippen LogP contribution in [-0.2, 0) is 0 Å². The molecule has 6 nitrogen and oxygen atoms in total. The first-order chi connectivity index (χ1) is 10.1. The number of hydrogen-bond donors (Lipinski definition) is 3. The van der Waals surface area contributed by atoms with Gasteiger partial charge in [-0.3, -0.25) is 4.79 Å². The lowest BCUT2D eigenvalue weighted by atomic mass is 10.1. The van der Waals surface area contributed by atoms with Crippen LogP contribution in [0.2, 0.25) is 0 Å². The molecule has 0 aliphatic rings. The van der Waals surface area contributed by atoms with E-state index in [4.69, 9.17) is 11.1 Å². The maximum absolute atomic E-state index is 14.0. The Kier molecular flexibility index (Phi) is 4.11. The number of aromatic nitrogens is 1.